The number of carbonyl (C=O) groups is 1. The molecule has 0 unspecified atom stereocenters. The molecule has 2 rings (SSSR count). The minimum atomic E-state index is -0.131. The van der Waals surface area contributed by atoms with Gasteiger partial charge in [-0.15, -0.1) is 0 Å². The van der Waals surface area contributed by atoms with E-state index in [9.17, 15) is 9.90 Å². The Morgan fingerprint density at radius 3 is 2.20 bits per heavy atom. The molecule has 0 aliphatic carbocycles. The average molecular weight is 342 g/mol. The molecule has 0 saturated heterocycles. The van der Waals surface area contributed by atoms with Gasteiger partial charge in [0.1, 0.15) is 5.75 Å². The summed E-state index contributed by atoms with van der Waals surface area (Å²) in [7, 11) is 2.91. The number of carbonyl (C=O) groups excluding carboxylic acids is 1. The normalized spacial score (nSPS) is 10.7. The number of rotatable bonds is 8. The van der Waals surface area contributed by atoms with E-state index in [4.69, 9.17) is 14.2 Å². The first-order valence-corrected chi connectivity index (χ1v) is 7.99. The van der Waals surface area contributed by atoms with Gasteiger partial charge in [-0.1, -0.05) is 13.0 Å². The van der Waals surface area contributed by atoms with Crippen LogP contribution in [0.1, 0.15) is 29.3 Å². The number of phenols is 1. The molecule has 0 amide bonds. The van der Waals surface area contributed by atoms with Crippen molar-refractivity contribution in [3.63, 3.8) is 0 Å². The van der Waals surface area contributed by atoms with Gasteiger partial charge in [0.15, 0.2) is 17.3 Å². The van der Waals surface area contributed by atoms with Gasteiger partial charge in [-0.05, 0) is 54.5 Å². The van der Waals surface area contributed by atoms with Crippen molar-refractivity contribution < 1.29 is 24.1 Å². The lowest BCUT2D eigenvalue weighted by atomic mass is 10.1. The molecule has 0 bridgehead atoms. The van der Waals surface area contributed by atoms with E-state index >= 15 is 0 Å². The van der Waals surface area contributed by atoms with Crippen LogP contribution >= 0.6 is 0 Å². The zero-order valence-electron chi connectivity index (χ0n) is 14.6. The third kappa shape index (κ3) is 4.76. The number of aromatic hydroxyl groups is 1. The van der Waals surface area contributed by atoms with E-state index in [0.29, 0.717) is 17.7 Å². The van der Waals surface area contributed by atoms with Gasteiger partial charge in [-0.2, -0.15) is 0 Å². The molecule has 0 spiro atoms. The molecule has 2 aromatic carbocycles. The molecule has 0 radical (unpaired) electrons. The lowest BCUT2D eigenvalue weighted by Crippen LogP contribution is -1.97. The minimum Gasteiger partial charge on any atom is -0.502 e. The highest BCUT2D eigenvalue weighted by Crippen LogP contribution is 2.37. The number of phenolic OH excluding ortho intramolecular Hbond substituents is 1. The van der Waals surface area contributed by atoms with Crippen molar-refractivity contribution in [3.8, 4) is 23.0 Å². The Hall–Kier alpha value is -2.95. The van der Waals surface area contributed by atoms with Crippen LogP contribution in [0.2, 0.25) is 0 Å². The summed E-state index contributed by atoms with van der Waals surface area (Å²) < 4.78 is 15.7. The van der Waals surface area contributed by atoms with Crippen LogP contribution in [-0.4, -0.2) is 31.7 Å². The van der Waals surface area contributed by atoms with Crippen molar-refractivity contribution in [3.05, 3.63) is 53.6 Å². The third-order valence-electron chi connectivity index (χ3n) is 3.54. The zero-order chi connectivity index (χ0) is 18.2. The summed E-state index contributed by atoms with van der Waals surface area (Å²) in [4.78, 5) is 12.3. The quantitative estimate of drug-likeness (QED) is 0.578. The van der Waals surface area contributed by atoms with Crippen molar-refractivity contribution in [2.75, 3.05) is 20.8 Å². The maximum Gasteiger partial charge on any atom is 0.200 e. The Bertz CT molecular complexity index is 722. The third-order valence-corrected chi connectivity index (χ3v) is 3.54. The van der Waals surface area contributed by atoms with E-state index in [1.54, 1.807) is 42.5 Å². The van der Waals surface area contributed by atoms with Crippen LogP contribution in [-0.2, 0) is 0 Å². The van der Waals surface area contributed by atoms with Crippen molar-refractivity contribution in [1.82, 2.24) is 0 Å². The predicted molar refractivity (Wildman–Crippen MR) is 96.8 cm³/mol. The number of ether oxygens (including phenoxy) is 3. The molecule has 2 aromatic rings. The molecule has 0 fully saturated rings. The summed E-state index contributed by atoms with van der Waals surface area (Å²) in [5.41, 5.74) is 1.25. The summed E-state index contributed by atoms with van der Waals surface area (Å²) >= 11 is 0. The van der Waals surface area contributed by atoms with Crippen LogP contribution in [0.3, 0.4) is 0 Å². The highest BCUT2D eigenvalue weighted by Gasteiger charge is 2.10. The lowest BCUT2D eigenvalue weighted by Gasteiger charge is -2.09. The summed E-state index contributed by atoms with van der Waals surface area (Å²) in [5, 5.41) is 9.90. The highest BCUT2D eigenvalue weighted by molar-refractivity contribution is 6.06. The van der Waals surface area contributed by atoms with Gasteiger partial charge >= 0.3 is 0 Å². The van der Waals surface area contributed by atoms with Gasteiger partial charge in [-0.3, -0.25) is 4.79 Å². The Morgan fingerprint density at radius 2 is 1.68 bits per heavy atom. The molecule has 0 atom stereocenters. The molecule has 0 heterocycles. The average Bonchev–Trinajstić information content (AvgIpc) is 2.65. The fraction of sp³-hybridized carbons (Fsp3) is 0.250. The predicted octanol–water partition coefficient (Wildman–Crippen LogP) is 4.09. The molecule has 0 saturated carbocycles. The molecular formula is C20H22O5. The maximum atomic E-state index is 12.3. The van der Waals surface area contributed by atoms with Crippen molar-refractivity contribution in [2.45, 2.75) is 13.3 Å². The Morgan fingerprint density at radius 1 is 1.08 bits per heavy atom. The van der Waals surface area contributed by atoms with Crippen molar-refractivity contribution in [1.29, 1.82) is 0 Å². The Kier molecular flexibility index (Phi) is 6.46. The van der Waals surface area contributed by atoms with Crippen LogP contribution in [0.4, 0.5) is 0 Å². The maximum absolute atomic E-state index is 12.3. The van der Waals surface area contributed by atoms with Crippen LogP contribution in [0.15, 0.2) is 42.5 Å². The molecule has 0 aromatic heterocycles. The van der Waals surface area contributed by atoms with Gasteiger partial charge < -0.3 is 19.3 Å². The van der Waals surface area contributed by atoms with E-state index < -0.39 is 0 Å². The second-order valence-electron chi connectivity index (χ2n) is 5.34. The monoisotopic (exact) mass is 342 g/mol. The van der Waals surface area contributed by atoms with Crippen LogP contribution in [0.5, 0.6) is 23.0 Å². The summed E-state index contributed by atoms with van der Waals surface area (Å²) in [6, 6.07) is 10.3. The minimum absolute atomic E-state index is 0.0730. The SMILES string of the molecule is CCCOc1ccc(C(=O)/C=C/c2cc(OC)c(O)c(OC)c2)cc1. The number of benzene rings is 2. The molecular weight excluding hydrogens is 320 g/mol. The van der Waals surface area contributed by atoms with Crippen molar-refractivity contribution in [2.24, 2.45) is 0 Å². The molecule has 25 heavy (non-hydrogen) atoms. The number of hydrogen-bond acceptors (Lipinski definition) is 5. The first-order chi connectivity index (χ1) is 12.1. The molecule has 5 nitrogen and oxygen atoms in total. The highest BCUT2D eigenvalue weighted by atomic mass is 16.5. The number of hydrogen-bond donors (Lipinski definition) is 1. The first-order valence-electron chi connectivity index (χ1n) is 7.99. The van der Waals surface area contributed by atoms with Crippen LogP contribution < -0.4 is 14.2 Å². The van der Waals surface area contributed by atoms with Crippen LogP contribution in [0, 0.1) is 0 Å². The van der Waals surface area contributed by atoms with E-state index in [1.165, 1.54) is 20.3 Å². The number of methoxy groups -OCH3 is 2. The molecule has 5 heteroatoms. The second kappa shape index (κ2) is 8.78. The number of allylic oxidation sites excluding steroid dienone is 1. The fourth-order valence-corrected chi connectivity index (χ4v) is 2.21. The van der Waals surface area contributed by atoms with Gasteiger partial charge in [0, 0.05) is 5.56 Å². The van der Waals surface area contributed by atoms with Crippen molar-refractivity contribution >= 4 is 11.9 Å². The Labute approximate surface area is 147 Å². The van der Waals surface area contributed by atoms with Gasteiger partial charge in [0.05, 0.1) is 20.8 Å². The van der Waals surface area contributed by atoms with Crippen LogP contribution in [0.25, 0.3) is 6.08 Å². The van der Waals surface area contributed by atoms with Gasteiger partial charge in [-0.25, -0.2) is 0 Å². The summed E-state index contributed by atoms with van der Waals surface area (Å²) in [5.74, 6) is 1.10. The molecule has 0 aliphatic rings. The first kappa shape index (κ1) is 18.4. The molecule has 132 valence electrons. The second-order valence-corrected chi connectivity index (χ2v) is 5.34. The van der Waals surface area contributed by atoms with E-state index in [-0.39, 0.29) is 23.0 Å². The topological polar surface area (TPSA) is 65.0 Å². The summed E-state index contributed by atoms with van der Waals surface area (Å²) in [6.07, 6.45) is 4.05. The molecule has 0 aliphatic heterocycles. The standard InChI is InChI=1S/C20H22O5/c1-4-11-25-16-8-6-15(7-9-16)17(21)10-5-14-12-18(23-2)20(22)19(13-14)24-3/h5-10,12-13,22H,4,11H2,1-3H3/b10-5+. The van der Waals surface area contributed by atoms with Gasteiger partial charge in [0.2, 0.25) is 5.75 Å². The lowest BCUT2D eigenvalue weighted by molar-refractivity contribution is 0.104. The van der Waals surface area contributed by atoms with E-state index in [0.717, 1.165) is 12.2 Å². The summed E-state index contributed by atoms with van der Waals surface area (Å²) in [6.45, 7) is 2.69. The zero-order valence-corrected chi connectivity index (χ0v) is 14.6. The Balaban J connectivity index is 2.14. The van der Waals surface area contributed by atoms with E-state index in [1.807, 2.05) is 6.92 Å². The largest absolute Gasteiger partial charge is 0.502 e. The molecule has 1 N–H and O–H groups in total. The smallest absolute Gasteiger partial charge is 0.200 e. The van der Waals surface area contributed by atoms with E-state index in [2.05, 4.69) is 0 Å². The number of ketones is 1. The fourth-order valence-electron chi connectivity index (χ4n) is 2.21. The van der Waals surface area contributed by atoms with Gasteiger partial charge in [0.25, 0.3) is 0 Å².